The highest BCUT2D eigenvalue weighted by atomic mass is 16.7. The molecule has 0 aromatic heterocycles. The van der Waals surface area contributed by atoms with Crippen LogP contribution >= 0.6 is 0 Å². The number of allylic oxidation sites excluding steroid dienone is 5. The summed E-state index contributed by atoms with van der Waals surface area (Å²) < 4.78 is 11.0. The van der Waals surface area contributed by atoms with Crippen LogP contribution in [0.3, 0.4) is 0 Å². The van der Waals surface area contributed by atoms with Gasteiger partial charge in [-0.3, -0.25) is 0 Å². The van der Waals surface area contributed by atoms with Gasteiger partial charge in [-0.15, -0.1) is 0 Å². The van der Waals surface area contributed by atoms with E-state index in [1.54, 1.807) is 0 Å². The molecule has 2 heteroatoms. The highest BCUT2D eigenvalue weighted by molar-refractivity contribution is 5.15. The molecular weight excluding hydrogens is 224 g/mol. The molecule has 0 aromatic carbocycles. The molecule has 0 bridgehead atoms. The van der Waals surface area contributed by atoms with Gasteiger partial charge in [0, 0.05) is 19.6 Å². The van der Waals surface area contributed by atoms with Crippen LogP contribution in [0.2, 0.25) is 0 Å². The van der Waals surface area contributed by atoms with Gasteiger partial charge in [0.15, 0.2) is 6.29 Å². The predicted molar refractivity (Wildman–Crippen MR) is 78.6 cm³/mol. The maximum absolute atomic E-state index is 5.52. The second kappa shape index (κ2) is 11.2. The average Bonchev–Trinajstić information content (AvgIpc) is 2.36. The molecule has 0 heterocycles. The third kappa shape index (κ3) is 9.20. The largest absolute Gasteiger partial charge is 0.353 e. The summed E-state index contributed by atoms with van der Waals surface area (Å²) in [7, 11) is 0. The zero-order valence-corrected chi connectivity index (χ0v) is 12.4. The Morgan fingerprint density at radius 3 is 2.22 bits per heavy atom. The van der Waals surface area contributed by atoms with Gasteiger partial charge < -0.3 is 9.47 Å². The number of ether oxygens (including phenoxy) is 2. The van der Waals surface area contributed by atoms with E-state index in [1.165, 1.54) is 11.1 Å². The smallest absolute Gasteiger partial charge is 0.157 e. The van der Waals surface area contributed by atoms with E-state index in [-0.39, 0.29) is 6.29 Å². The van der Waals surface area contributed by atoms with Gasteiger partial charge in [0.25, 0.3) is 0 Å². The Hall–Kier alpha value is -0.860. The van der Waals surface area contributed by atoms with Gasteiger partial charge in [0.2, 0.25) is 0 Å². The summed E-state index contributed by atoms with van der Waals surface area (Å²) in [5.74, 6) is 0. The van der Waals surface area contributed by atoms with Gasteiger partial charge in [0.1, 0.15) is 0 Å². The molecule has 0 spiro atoms. The van der Waals surface area contributed by atoms with E-state index in [0.29, 0.717) is 13.2 Å². The number of rotatable bonds is 10. The quantitative estimate of drug-likeness (QED) is 0.320. The maximum atomic E-state index is 5.52. The van der Waals surface area contributed by atoms with Crippen molar-refractivity contribution >= 4 is 0 Å². The third-order valence-corrected chi connectivity index (χ3v) is 2.71. The molecule has 0 N–H and O–H groups in total. The van der Waals surface area contributed by atoms with E-state index >= 15 is 0 Å². The lowest BCUT2D eigenvalue weighted by Crippen LogP contribution is -2.17. The van der Waals surface area contributed by atoms with Crippen molar-refractivity contribution < 1.29 is 9.47 Å². The van der Waals surface area contributed by atoms with Crippen LogP contribution in [0, 0.1) is 0 Å². The topological polar surface area (TPSA) is 18.5 Å². The Labute approximate surface area is 112 Å². The third-order valence-electron chi connectivity index (χ3n) is 2.71. The fraction of sp³-hybridized carbons (Fsp3) is 0.625. The van der Waals surface area contributed by atoms with Crippen LogP contribution in [0.25, 0.3) is 0 Å². The van der Waals surface area contributed by atoms with Gasteiger partial charge in [-0.05, 0) is 40.5 Å². The summed E-state index contributed by atoms with van der Waals surface area (Å²) in [6.45, 7) is 13.4. The van der Waals surface area contributed by atoms with Crippen molar-refractivity contribution in [3.8, 4) is 0 Å². The Bertz CT molecular complexity index is 271. The first kappa shape index (κ1) is 17.1. The zero-order chi connectivity index (χ0) is 13.8. The Kier molecular flexibility index (Phi) is 10.7. The summed E-state index contributed by atoms with van der Waals surface area (Å²) in [6, 6.07) is 0. The molecular formula is C16H28O2. The Morgan fingerprint density at radius 1 is 1.11 bits per heavy atom. The molecule has 0 fully saturated rings. The molecule has 0 atom stereocenters. The summed E-state index contributed by atoms with van der Waals surface area (Å²) in [5, 5.41) is 0. The lowest BCUT2D eigenvalue weighted by molar-refractivity contribution is -0.139. The first-order valence-corrected chi connectivity index (χ1v) is 6.82. The Morgan fingerprint density at radius 2 is 1.72 bits per heavy atom. The van der Waals surface area contributed by atoms with Crippen molar-refractivity contribution in [1.82, 2.24) is 0 Å². The molecule has 0 radical (unpaired) electrons. The molecule has 0 saturated heterocycles. The lowest BCUT2D eigenvalue weighted by Gasteiger charge is -2.16. The van der Waals surface area contributed by atoms with E-state index in [1.807, 2.05) is 19.9 Å². The minimum atomic E-state index is -0.0613. The van der Waals surface area contributed by atoms with Gasteiger partial charge in [-0.1, -0.05) is 36.0 Å². The van der Waals surface area contributed by atoms with Gasteiger partial charge in [-0.2, -0.15) is 0 Å². The number of hydrogen-bond donors (Lipinski definition) is 0. The highest BCUT2D eigenvalue weighted by Crippen LogP contribution is 2.12. The Balaban J connectivity index is 4.01. The van der Waals surface area contributed by atoms with Crippen molar-refractivity contribution in [1.29, 1.82) is 0 Å². The summed E-state index contributed by atoms with van der Waals surface area (Å²) in [4.78, 5) is 0. The minimum Gasteiger partial charge on any atom is -0.353 e. The first-order valence-electron chi connectivity index (χ1n) is 6.82. The van der Waals surface area contributed by atoms with Crippen LogP contribution in [0.5, 0.6) is 0 Å². The van der Waals surface area contributed by atoms with E-state index < -0.39 is 0 Å². The van der Waals surface area contributed by atoms with Crippen molar-refractivity contribution in [3.63, 3.8) is 0 Å². The minimum absolute atomic E-state index is 0.0613. The monoisotopic (exact) mass is 252 g/mol. The molecule has 18 heavy (non-hydrogen) atoms. The summed E-state index contributed by atoms with van der Waals surface area (Å²) in [6.07, 6.45) is 9.16. The van der Waals surface area contributed by atoms with Crippen LogP contribution in [-0.2, 0) is 9.47 Å². The van der Waals surface area contributed by atoms with Gasteiger partial charge >= 0.3 is 0 Å². The van der Waals surface area contributed by atoms with Crippen LogP contribution in [-0.4, -0.2) is 19.5 Å². The molecule has 0 amide bonds. The zero-order valence-electron chi connectivity index (χ0n) is 12.4. The molecule has 0 aliphatic rings. The van der Waals surface area contributed by atoms with Crippen LogP contribution in [0.4, 0.5) is 0 Å². The van der Waals surface area contributed by atoms with Crippen LogP contribution < -0.4 is 0 Å². The molecule has 0 aliphatic heterocycles. The second-order valence-corrected chi connectivity index (χ2v) is 4.32. The van der Waals surface area contributed by atoms with E-state index in [9.17, 15) is 0 Å². The first-order chi connectivity index (χ1) is 8.63. The standard InChI is InChI=1S/C16H28O2/c1-6-14(4)10-9-11-15(5)12-13-16(17-7-2)18-8-3/h6,10-11,16H,1,7-9,12-13H2,2-5H3. The van der Waals surface area contributed by atoms with E-state index in [2.05, 4.69) is 32.6 Å². The average molecular weight is 252 g/mol. The normalized spacial score (nSPS) is 13.2. The molecule has 2 nitrogen and oxygen atoms in total. The molecule has 0 saturated carbocycles. The predicted octanol–water partition coefficient (Wildman–Crippen LogP) is 4.63. The fourth-order valence-corrected chi connectivity index (χ4v) is 1.56. The molecule has 0 aromatic rings. The van der Waals surface area contributed by atoms with Crippen LogP contribution in [0.1, 0.15) is 47.0 Å². The SMILES string of the molecule is C=CC(C)=CCC=C(C)CCC(OCC)OCC. The van der Waals surface area contributed by atoms with Crippen molar-refractivity contribution in [2.45, 2.75) is 53.2 Å². The van der Waals surface area contributed by atoms with Gasteiger partial charge in [-0.25, -0.2) is 0 Å². The molecule has 104 valence electrons. The maximum Gasteiger partial charge on any atom is 0.157 e. The van der Waals surface area contributed by atoms with E-state index in [4.69, 9.17) is 9.47 Å². The summed E-state index contributed by atoms with van der Waals surface area (Å²) in [5.41, 5.74) is 2.60. The van der Waals surface area contributed by atoms with E-state index in [0.717, 1.165) is 19.3 Å². The summed E-state index contributed by atoms with van der Waals surface area (Å²) >= 11 is 0. The van der Waals surface area contributed by atoms with Crippen molar-refractivity contribution in [2.75, 3.05) is 13.2 Å². The highest BCUT2D eigenvalue weighted by Gasteiger charge is 2.07. The van der Waals surface area contributed by atoms with Crippen LogP contribution in [0.15, 0.2) is 36.0 Å². The molecule has 0 aliphatic carbocycles. The molecule has 0 rings (SSSR count). The van der Waals surface area contributed by atoms with Crippen molar-refractivity contribution in [2.24, 2.45) is 0 Å². The van der Waals surface area contributed by atoms with Crippen molar-refractivity contribution in [3.05, 3.63) is 36.0 Å². The lowest BCUT2D eigenvalue weighted by atomic mass is 10.1. The number of hydrogen-bond acceptors (Lipinski definition) is 2. The second-order valence-electron chi connectivity index (χ2n) is 4.32. The fourth-order valence-electron chi connectivity index (χ4n) is 1.56. The van der Waals surface area contributed by atoms with Gasteiger partial charge in [0.05, 0.1) is 0 Å². The molecule has 0 unspecified atom stereocenters.